The number of ether oxygens (including phenoxy) is 1. The van der Waals surface area contributed by atoms with E-state index in [1.54, 1.807) is 0 Å². The third-order valence-electron chi connectivity index (χ3n) is 2.02. The maximum absolute atomic E-state index is 11.3. The van der Waals surface area contributed by atoms with Gasteiger partial charge in [-0.25, -0.2) is 0 Å². The van der Waals surface area contributed by atoms with Crippen molar-refractivity contribution in [3.8, 4) is 0 Å². The molecule has 1 N–H and O–H groups in total. The van der Waals surface area contributed by atoms with Crippen molar-refractivity contribution in [2.24, 2.45) is 0 Å². The molecule has 0 saturated carbocycles. The van der Waals surface area contributed by atoms with Gasteiger partial charge in [0.1, 0.15) is 6.61 Å². The average molecular weight is 341 g/mol. The molecule has 0 rings (SSSR count). The summed E-state index contributed by atoms with van der Waals surface area (Å²) >= 11 is 2.39. The third-order valence-corrected chi connectivity index (χ3v) is 2.78. The highest BCUT2D eigenvalue weighted by Crippen LogP contribution is 2.05. The van der Waals surface area contributed by atoms with Gasteiger partial charge in [-0.3, -0.25) is 4.79 Å². The van der Waals surface area contributed by atoms with Crippen molar-refractivity contribution in [3.63, 3.8) is 0 Å². The van der Waals surface area contributed by atoms with E-state index in [0.29, 0.717) is 0 Å². The van der Waals surface area contributed by atoms with Crippen molar-refractivity contribution in [3.05, 3.63) is 0 Å². The van der Waals surface area contributed by atoms with Gasteiger partial charge in [0.2, 0.25) is 5.91 Å². The number of hydrogen-bond donors (Lipinski definition) is 1. The summed E-state index contributed by atoms with van der Waals surface area (Å²) in [6.07, 6.45) is 4.81. The van der Waals surface area contributed by atoms with Gasteiger partial charge in [-0.1, -0.05) is 35.4 Å². The van der Waals surface area contributed by atoms with Gasteiger partial charge in [0.05, 0.1) is 5.60 Å². The number of rotatable bonds is 8. The normalized spacial score (nSPS) is 11.5. The van der Waals surface area contributed by atoms with E-state index in [4.69, 9.17) is 4.74 Å². The number of hydrogen-bond acceptors (Lipinski definition) is 2. The minimum Gasteiger partial charge on any atom is -0.366 e. The molecular formula is C12H24INO2. The molecule has 16 heavy (non-hydrogen) atoms. The zero-order valence-corrected chi connectivity index (χ0v) is 12.8. The Kier molecular flexibility index (Phi) is 9.31. The molecule has 0 aliphatic rings. The monoisotopic (exact) mass is 341 g/mol. The van der Waals surface area contributed by atoms with Crippen LogP contribution in [0.5, 0.6) is 0 Å². The summed E-state index contributed by atoms with van der Waals surface area (Å²) in [7, 11) is 0. The Balaban J connectivity index is 3.31. The fourth-order valence-electron chi connectivity index (χ4n) is 1.13. The Bertz CT molecular complexity index is 190. The summed E-state index contributed by atoms with van der Waals surface area (Å²) in [6, 6.07) is 0. The molecule has 0 aliphatic heterocycles. The second-order valence-electron chi connectivity index (χ2n) is 4.85. The van der Waals surface area contributed by atoms with E-state index in [1.807, 2.05) is 20.8 Å². The van der Waals surface area contributed by atoms with Crippen molar-refractivity contribution in [2.45, 2.75) is 52.1 Å². The SMILES string of the molecule is CC(C)(C)OCC(=O)NCCCCCCI. The van der Waals surface area contributed by atoms with Crippen molar-refractivity contribution in [2.75, 3.05) is 17.6 Å². The largest absolute Gasteiger partial charge is 0.366 e. The minimum absolute atomic E-state index is 0.0104. The molecule has 96 valence electrons. The molecule has 0 heterocycles. The number of alkyl halides is 1. The molecule has 0 unspecified atom stereocenters. The standard InChI is InChI=1S/C12H24INO2/c1-12(2,3)16-10-11(15)14-9-7-5-4-6-8-13/h4-10H2,1-3H3,(H,14,15). The predicted molar refractivity (Wildman–Crippen MR) is 76.1 cm³/mol. The maximum atomic E-state index is 11.3. The number of halogens is 1. The molecule has 0 saturated heterocycles. The molecule has 0 aromatic carbocycles. The molecule has 0 bridgehead atoms. The topological polar surface area (TPSA) is 38.3 Å². The average Bonchev–Trinajstić information content (AvgIpc) is 2.19. The van der Waals surface area contributed by atoms with Crippen LogP contribution in [0.15, 0.2) is 0 Å². The lowest BCUT2D eigenvalue weighted by Gasteiger charge is -2.18. The van der Waals surface area contributed by atoms with Crippen LogP contribution < -0.4 is 5.32 Å². The van der Waals surface area contributed by atoms with E-state index in [1.165, 1.54) is 23.7 Å². The summed E-state index contributed by atoms with van der Waals surface area (Å²) in [5.41, 5.74) is -0.238. The second-order valence-corrected chi connectivity index (χ2v) is 5.93. The second kappa shape index (κ2) is 9.22. The van der Waals surface area contributed by atoms with E-state index >= 15 is 0 Å². The summed E-state index contributed by atoms with van der Waals surface area (Å²) in [5.74, 6) is -0.0104. The molecule has 0 aliphatic carbocycles. The summed E-state index contributed by atoms with van der Waals surface area (Å²) in [5, 5.41) is 2.87. The molecule has 3 nitrogen and oxygen atoms in total. The van der Waals surface area contributed by atoms with Gasteiger partial charge in [0.15, 0.2) is 0 Å². The van der Waals surface area contributed by atoms with Crippen LogP contribution in [0, 0.1) is 0 Å². The molecular weight excluding hydrogens is 317 g/mol. The van der Waals surface area contributed by atoms with Gasteiger partial charge in [-0.2, -0.15) is 0 Å². The van der Waals surface area contributed by atoms with E-state index < -0.39 is 0 Å². The van der Waals surface area contributed by atoms with Crippen LogP contribution in [0.2, 0.25) is 0 Å². The van der Waals surface area contributed by atoms with E-state index in [0.717, 1.165) is 13.0 Å². The van der Waals surface area contributed by atoms with Gasteiger partial charge in [-0.15, -0.1) is 0 Å². The van der Waals surface area contributed by atoms with E-state index in [2.05, 4.69) is 27.9 Å². The van der Waals surface area contributed by atoms with Gasteiger partial charge in [-0.05, 0) is 38.0 Å². The van der Waals surface area contributed by atoms with Crippen LogP contribution in [0.1, 0.15) is 46.5 Å². The zero-order valence-electron chi connectivity index (χ0n) is 10.6. The van der Waals surface area contributed by atoms with Crippen LogP contribution in [0.3, 0.4) is 0 Å². The molecule has 0 aromatic rings. The molecule has 1 amide bonds. The lowest BCUT2D eigenvalue weighted by molar-refractivity contribution is -0.130. The van der Waals surface area contributed by atoms with Crippen LogP contribution in [-0.2, 0) is 9.53 Å². The van der Waals surface area contributed by atoms with Crippen molar-refractivity contribution in [1.29, 1.82) is 0 Å². The van der Waals surface area contributed by atoms with Gasteiger partial charge in [0.25, 0.3) is 0 Å². The lowest BCUT2D eigenvalue weighted by Crippen LogP contribution is -2.32. The fraction of sp³-hybridized carbons (Fsp3) is 0.917. The Hall–Kier alpha value is 0.160. The smallest absolute Gasteiger partial charge is 0.246 e. The van der Waals surface area contributed by atoms with E-state index in [-0.39, 0.29) is 18.1 Å². The van der Waals surface area contributed by atoms with Gasteiger partial charge in [0, 0.05) is 6.54 Å². The van der Waals surface area contributed by atoms with Crippen molar-refractivity contribution >= 4 is 28.5 Å². The first-order valence-corrected chi connectivity index (χ1v) is 7.45. The Labute approximate surface area is 113 Å². The molecule has 4 heteroatoms. The number of carbonyl (C=O) groups is 1. The van der Waals surface area contributed by atoms with Crippen LogP contribution in [0.4, 0.5) is 0 Å². The Morgan fingerprint density at radius 1 is 1.19 bits per heavy atom. The lowest BCUT2D eigenvalue weighted by atomic mass is 10.2. The number of carbonyl (C=O) groups excluding carboxylic acids is 1. The Morgan fingerprint density at radius 2 is 1.81 bits per heavy atom. The van der Waals surface area contributed by atoms with Crippen LogP contribution in [0.25, 0.3) is 0 Å². The van der Waals surface area contributed by atoms with Crippen molar-refractivity contribution < 1.29 is 9.53 Å². The molecule has 0 spiro atoms. The fourth-order valence-corrected chi connectivity index (χ4v) is 1.67. The number of amides is 1. The zero-order chi connectivity index (χ0) is 12.4. The number of nitrogens with one attached hydrogen (secondary N) is 1. The first-order chi connectivity index (χ1) is 7.45. The van der Waals surface area contributed by atoms with Crippen LogP contribution in [-0.4, -0.2) is 29.1 Å². The highest BCUT2D eigenvalue weighted by Gasteiger charge is 2.12. The minimum atomic E-state index is -0.238. The summed E-state index contributed by atoms with van der Waals surface area (Å²) in [4.78, 5) is 11.3. The first kappa shape index (κ1) is 16.2. The van der Waals surface area contributed by atoms with E-state index in [9.17, 15) is 4.79 Å². The molecule has 0 atom stereocenters. The third kappa shape index (κ3) is 12.2. The molecule has 0 fully saturated rings. The highest BCUT2D eigenvalue weighted by molar-refractivity contribution is 14.1. The predicted octanol–water partition coefficient (Wildman–Crippen LogP) is 2.91. The summed E-state index contributed by atoms with van der Waals surface area (Å²) < 4.78 is 6.60. The van der Waals surface area contributed by atoms with Crippen LogP contribution >= 0.6 is 22.6 Å². The Morgan fingerprint density at radius 3 is 2.38 bits per heavy atom. The molecule has 0 radical (unpaired) electrons. The summed E-state index contributed by atoms with van der Waals surface area (Å²) in [6.45, 7) is 6.78. The quantitative estimate of drug-likeness (QED) is 0.419. The highest BCUT2D eigenvalue weighted by atomic mass is 127. The van der Waals surface area contributed by atoms with Crippen molar-refractivity contribution in [1.82, 2.24) is 5.32 Å². The van der Waals surface area contributed by atoms with Gasteiger partial charge < -0.3 is 10.1 Å². The first-order valence-electron chi connectivity index (χ1n) is 5.92. The van der Waals surface area contributed by atoms with Gasteiger partial charge >= 0.3 is 0 Å². The molecule has 0 aromatic heterocycles. The maximum Gasteiger partial charge on any atom is 0.246 e. The number of unbranched alkanes of at least 4 members (excludes halogenated alkanes) is 3.